The molecule has 202 valence electrons. The largest absolute Gasteiger partial charge is 0.383 e. The van der Waals surface area contributed by atoms with Gasteiger partial charge in [0, 0.05) is 64.3 Å². The maximum Gasteiger partial charge on any atom is 0.223 e. The molecular formula is C25H39Cl2N4O4P. The lowest BCUT2D eigenvalue weighted by Gasteiger charge is -2.24. The van der Waals surface area contributed by atoms with E-state index in [1.165, 1.54) is 0 Å². The van der Waals surface area contributed by atoms with E-state index in [4.69, 9.17) is 22.4 Å². The zero-order chi connectivity index (χ0) is 26.6. The zero-order valence-electron chi connectivity index (χ0n) is 22.2. The number of carbonyl (C=O) groups excluding carboxylic acids is 2. The van der Waals surface area contributed by atoms with Crippen LogP contribution in [-0.4, -0.2) is 74.1 Å². The van der Waals surface area contributed by atoms with Gasteiger partial charge in [0.15, 0.2) is 0 Å². The van der Waals surface area contributed by atoms with Crippen LogP contribution in [0.1, 0.15) is 36.8 Å². The average Bonchev–Trinajstić information content (AvgIpc) is 3.47. The summed E-state index contributed by atoms with van der Waals surface area (Å²) in [6.07, 6.45) is 10.1. The van der Waals surface area contributed by atoms with Crippen molar-refractivity contribution in [3.63, 3.8) is 0 Å². The SMILES string of the molecule is COC[C@H]1CCC(=O)N1.COC[C@H]1CCC(=O)N1Cc1ccncc1.Cl.ClCc1ccncc1.[3H]PC. The molecule has 8 nitrogen and oxygen atoms in total. The highest BCUT2D eigenvalue weighted by Crippen LogP contribution is 2.21. The number of rotatable bonds is 7. The van der Waals surface area contributed by atoms with Crippen molar-refractivity contribution in [2.75, 3.05) is 34.1 Å². The second-order valence-electron chi connectivity index (χ2n) is 7.77. The van der Waals surface area contributed by atoms with Crippen LogP contribution in [0.5, 0.6) is 0 Å². The summed E-state index contributed by atoms with van der Waals surface area (Å²) < 4.78 is 16.2. The molecule has 2 aromatic heterocycles. The van der Waals surface area contributed by atoms with Crippen LogP contribution in [0.25, 0.3) is 0 Å². The fraction of sp³-hybridized carbons (Fsp3) is 0.520. The fourth-order valence-electron chi connectivity index (χ4n) is 3.54. The van der Waals surface area contributed by atoms with Gasteiger partial charge in [-0.15, -0.1) is 33.2 Å². The van der Waals surface area contributed by atoms with Crippen LogP contribution in [0, 0.1) is 0 Å². The Morgan fingerprint density at radius 3 is 2.03 bits per heavy atom. The molecule has 0 aliphatic carbocycles. The Hall–Kier alpha value is -1.83. The molecule has 0 spiro atoms. The highest BCUT2D eigenvalue weighted by atomic mass is 35.5. The smallest absolute Gasteiger partial charge is 0.223 e. The first-order valence-corrected chi connectivity index (χ1v) is 13.0. The summed E-state index contributed by atoms with van der Waals surface area (Å²) in [6.45, 7) is 3.75. The maximum atomic E-state index is 11.7. The topological polar surface area (TPSA) is 93.6 Å². The van der Waals surface area contributed by atoms with Crippen molar-refractivity contribution >= 4 is 45.0 Å². The molecule has 4 heterocycles. The Bertz CT molecular complexity index is 859. The standard InChI is InChI=1S/C12H16N2O2.C6H6ClN.C6H11NO2.CH5P.ClH/c1-16-9-11-2-3-12(15)14(11)8-10-4-6-13-7-5-10;7-5-6-1-3-8-4-2-6;1-9-4-5-2-3-6(8)7-5;1-2;/h4-7,11H,2-3,8-9H2,1H3;1-4H,5H2;5H,2-4H2,1H3,(H,7,8);2H2,1H3;1H/t11-;;5-;;/m1.1../s1/i;;;2T;. The van der Waals surface area contributed by atoms with Gasteiger partial charge in [0.2, 0.25) is 11.8 Å². The van der Waals surface area contributed by atoms with E-state index >= 15 is 0 Å². The van der Waals surface area contributed by atoms with Gasteiger partial charge in [-0.3, -0.25) is 19.6 Å². The van der Waals surface area contributed by atoms with Crippen LogP contribution in [0.2, 0.25) is 0 Å². The van der Waals surface area contributed by atoms with Gasteiger partial charge in [0.1, 0.15) is 0 Å². The quantitative estimate of drug-likeness (QED) is 0.406. The number of likely N-dealkylation sites (tertiary alicyclic amines) is 1. The molecule has 36 heavy (non-hydrogen) atoms. The van der Waals surface area contributed by atoms with Gasteiger partial charge in [-0.1, -0.05) is 6.66 Å². The first kappa shape index (κ1) is 32.2. The number of pyridine rings is 2. The van der Waals surface area contributed by atoms with E-state index < -0.39 is 0 Å². The number of carbonyl (C=O) groups is 2. The van der Waals surface area contributed by atoms with Crippen molar-refractivity contribution in [2.24, 2.45) is 0 Å². The first-order chi connectivity index (χ1) is 17.5. The fourth-order valence-corrected chi connectivity index (χ4v) is 3.71. The van der Waals surface area contributed by atoms with Crippen LogP contribution in [-0.2, 0) is 31.5 Å². The molecule has 1 unspecified atom stereocenters. The minimum atomic E-state index is 0. The van der Waals surface area contributed by atoms with E-state index in [-0.39, 0.29) is 36.3 Å². The van der Waals surface area contributed by atoms with Crippen molar-refractivity contribution in [3.05, 3.63) is 60.2 Å². The van der Waals surface area contributed by atoms with E-state index in [9.17, 15) is 9.59 Å². The Morgan fingerprint density at radius 2 is 1.58 bits per heavy atom. The molecule has 2 aliphatic heterocycles. The third kappa shape index (κ3) is 13.5. The first-order valence-electron chi connectivity index (χ1n) is 12.0. The molecule has 0 aromatic carbocycles. The monoisotopic (exact) mass is 562 g/mol. The minimum Gasteiger partial charge on any atom is -0.383 e. The van der Waals surface area contributed by atoms with Crippen molar-refractivity contribution in [3.8, 4) is 0 Å². The lowest BCUT2D eigenvalue weighted by atomic mass is 10.2. The Labute approximate surface area is 229 Å². The summed E-state index contributed by atoms with van der Waals surface area (Å²) in [5.74, 6) is 0.943. The van der Waals surface area contributed by atoms with Crippen LogP contribution in [0.4, 0.5) is 0 Å². The predicted molar refractivity (Wildman–Crippen MR) is 149 cm³/mol. The molecule has 4 rings (SSSR count). The number of amides is 2. The lowest BCUT2D eigenvalue weighted by molar-refractivity contribution is -0.130. The number of ether oxygens (including phenoxy) is 2. The van der Waals surface area contributed by atoms with Gasteiger partial charge >= 0.3 is 0 Å². The van der Waals surface area contributed by atoms with Crippen LogP contribution in [0.15, 0.2) is 49.1 Å². The van der Waals surface area contributed by atoms with Crippen LogP contribution in [0.3, 0.4) is 0 Å². The summed E-state index contributed by atoms with van der Waals surface area (Å²) in [7, 11) is 3.65. The van der Waals surface area contributed by atoms with Gasteiger partial charge in [0.25, 0.3) is 0 Å². The molecule has 1 N–H and O–H groups in total. The summed E-state index contributed by atoms with van der Waals surface area (Å²) in [5, 5.41) is 2.79. The zero-order valence-corrected chi connectivity index (χ0v) is 23.8. The molecule has 2 aromatic rings. The predicted octanol–water partition coefficient (Wildman–Crippen LogP) is 3.86. The van der Waals surface area contributed by atoms with Crippen molar-refractivity contribution in [1.29, 1.82) is 1.28 Å². The second kappa shape index (κ2) is 21.3. The summed E-state index contributed by atoms with van der Waals surface area (Å²) in [4.78, 5) is 32.0. The van der Waals surface area contributed by atoms with E-state index in [0.717, 1.165) is 24.0 Å². The molecule has 0 saturated carbocycles. The number of alkyl halides is 1. The number of hydrogen-bond donors (Lipinski definition) is 1. The average molecular weight is 563 g/mol. The minimum absolute atomic E-state index is 0. The molecule has 0 radical (unpaired) electrons. The molecule has 3 atom stereocenters. The van der Waals surface area contributed by atoms with Crippen molar-refractivity contribution in [1.82, 2.24) is 20.2 Å². The lowest BCUT2D eigenvalue weighted by Crippen LogP contribution is -2.35. The second-order valence-corrected chi connectivity index (χ2v) is 8.04. The number of nitrogens with zero attached hydrogens (tertiary/aromatic N) is 3. The Kier molecular flexibility index (Phi) is 19.0. The number of hydrogen-bond acceptors (Lipinski definition) is 6. The molecule has 2 saturated heterocycles. The molecule has 0 bridgehead atoms. The van der Waals surface area contributed by atoms with Gasteiger partial charge in [0.05, 0.1) is 26.6 Å². The highest BCUT2D eigenvalue weighted by molar-refractivity contribution is 7.15. The number of methoxy groups -OCH3 is 2. The van der Waals surface area contributed by atoms with Gasteiger partial charge in [-0.25, -0.2) is 0 Å². The van der Waals surface area contributed by atoms with E-state index in [1.54, 1.807) is 39.0 Å². The van der Waals surface area contributed by atoms with Crippen LogP contribution >= 0.6 is 33.2 Å². The number of nitrogens with one attached hydrogen (secondary N) is 1. The van der Waals surface area contributed by atoms with Crippen molar-refractivity contribution in [2.45, 2.75) is 50.2 Å². The highest BCUT2D eigenvalue weighted by Gasteiger charge is 2.30. The maximum absolute atomic E-state index is 11.7. The summed E-state index contributed by atoms with van der Waals surface area (Å²) in [5.41, 5.74) is 2.23. The van der Waals surface area contributed by atoms with Crippen molar-refractivity contribution < 1.29 is 19.1 Å². The third-order valence-electron chi connectivity index (χ3n) is 5.27. The molecule has 11 heteroatoms. The third-order valence-corrected chi connectivity index (χ3v) is 5.58. The van der Waals surface area contributed by atoms with Gasteiger partial charge < -0.3 is 19.7 Å². The molecular weight excluding hydrogens is 522 g/mol. The van der Waals surface area contributed by atoms with E-state index in [2.05, 4.69) is 15.3 Å². The van der Waals surface area contributed by atoms with E-state index in [1.807, 2.05) is 35.8 Å². The normalized spacial score (nSPS) is 18.6. The van der Waals surface area contributed by atoms with Gasteiger partial charge in [-0.05, 0) is 48.2 Å². The molecule has 2 fully saturated rings. The Morgan fingerprint density at radius 1 is 1.03 bits per heavy atom. The van der Waals surface area contributed by atoms with Gasteiger partial charge in [-0.2, -0.15) is 0 Å². The Balaban J connectivity index is 0.000000528. The molecule has 2 aliphatic rings. The number of aromatic nitrogens is 2. The summed E-state index contributed by atoms with van der Waals surface area (Å²) >= 11 is 5.50. The number of halogens is 2. The molecule has 2 amide bonds. The van der Waals surface area contributed by atoms with Crippen LogP contribution < -0.4 is 5.32 Å². The van der Waals surface area contributed by atoms with E-state index in [0.29, 0.717) is 47.7 Å². The summed E-state index contributed by atoms with van der Waals surface area (Å²) in [6, 6.07) is 8.17.